The summed E-state index contributed by atoms with van der Waals surface area (Å²) in [5.74, 6) is -5.27. The molecule has 1 N–H and O–H groups in total. The number of nitrogens with zero attached hydrogens (tertiary/aromatic N) is 5. The highest BCUT2D eigenvalue weighted by atomic mass is 35.5. The molecule has 44 heavy (non-hydrogen) atoms. The number of hydrogen-bond acceptors (Lipinski definition) is 7. The molecule has 3 heterocycles. The smallest absolute Gasteiger partial charge is 0.416 e. The molecular weight excluding hydrogens is 601 g/mol. The van der Waals surface area contributed by atoms with E-state index in [1.54, 1.807) is 12.1 Å². The fraction of sp³-hybridized carbons (Fsp3) is 0.333. The van der Waals surface area contributed by atoms with Gasteiger partial charge in [-0.1, -0.05) is 29.8 Å². The maximum atomic E-state index is 14.6. The van der Waals surface area contributed by atoms with Gasteiger partial charge >= 0.3 is 6.09 Å². The molecule has 1 aromatic carbocycles. The molecular formula is C30H26ClF3N6O4. The van der Waals surface area contributed by atoms with Crippen molar-refractivity contribution in [1.82, 2.24) is 15.3 Å². The van der Waals surface area contributed by atoms with E-state index in [9.17, 15) is 32.8 Å². The number of nitrogens with one attached hydrogen (secondary N) is 1. The number of amides is 3. The number of benzene rings is 1. The molecule has 5 rings (SSSR count). The molecule has 3 amide bonds. The number of cyclic esters (lactones) is 1. The number of carbonyl (C=O) groups excluding carboxylic acids is 3. The van der Waals surface area contributed by atoms with Crippen molar-refractivity contribution in [3.8, 4) is 6.07 Å². The molecule has 1 saturated carbocycles. The normalized spacial score (nSPS) is 18.9. The van der Waals surface area contributed by atoms with Crippen LogP contribution in [0.1, 0.15) is 49.3 Å². The molecule has 1 saturated heterocycles. The Kier molecular flexibility index (Phi) is 9.01. The van der Waals surface area contributed by atoms with E-state index in [1.165, 1.54) is 36.7 Å². The summed E-state index contributed by atoms with van der Waals surface area (Å²) in [5, 5.41) is 12.3. The SMILES string of the molecule is N#Cc1ccnc(N2C(=O)OCCC2C(=O)N(c2cncc(F)c2)C(C(=O)NC2CCC(F)(F)CC2)c2ccccc2Cl)c1. The van der Waals surface area contributed by atoms with Gasteiger partial charge in [0.15, 0.2) is 0 Å². The van der Waals surface area contributed by atoms with E-state index in [0.29, 0.717) is 0 Å². The van der Waals surface area contributed by atoms with E-state index in [2.05, 4.69) is 15.3 Å². The van der Waals surface area contributed by atoms with E-state index in [1.807, 2.05) is 6.07 Å². The Labute approximate surface area is 255 Å². The summed E-state index contributed by atoms with van der Waals surface area (Å²) in [4.78, 5) is 51.7. The third-order valence-corrected chi connectivity index (χ3v) is 7.85. The monoisotopic (exact) mass is 626 g/mol. The molecule has 10 nitrogen and oxygen atoms in total. The van der Waals surface area contributed by atoms with Crippen LogP contribution >= 0.6 is 11.6 Å². The first-order valence-corrected chi connectivity index (χ1v) is 14.1. The molecule has 0 bridgehead atoms. The number of ether oxygens (including phenoxy) is 1. The zero-order valence-corrected chi connectivity index (χ0v) is 23.9. The van der Waals surface area contributed by atoms with Crippen molar-refractivity contribution in [2.75, 3.05) is 16.4 Å². The van der Waals surface area contributed by atoms with Crippen LogP contribution in [-0.2, 0) is 14.3 Å². The minimum Gasteiger partial charge on any atom is -0.449 e. The maximum Gasteiger partial charge on any atom is 0.416 e. The zero-order chi connectivity index (χ0) is 31.4. The van der Waals surface area contributed by atoms with Crippen LogP contribution in [0.5, 0.6) is 0 Å². The molecule has 2 fully saturated rings. The highest BCUT2D eigenvalue weighted by molar-refractivity contribution is 6.31. The first-order chi connectivity index (χ1) is 21.1. The number of nitriles is 1. The quantitative estimate of drug-likeness (QED) is 0.376. The highest BCUT2D eigenvalue weighted by Crippen LogP contribution is 2.37. The van der Waals surface area contributed by atoms with Gasteiger partial charge in [-0.15, -0.1) is 0 Å². The maximum absolute atomic E-state index is 14.6. The largest absolute Gasteiger partial charge is 0.449 e. The summed E-state index contributed by atoms with van der Waals surface area (Å²) in [6.07, 6.45) is 1.60. The Morgan fingerprint density at radius 1 is 1.16 bits per heavy atom. The van der Waals surface area contributed by atoms with Crippen LogP contribution in [-0.4, -0.2) is 52.5 Å². The summed E-state index contributed by atoms with van der Waals surface area (Å²) in [7, 11) is 0. The number of pyridine rings is 2. The van der Waals surface area contributed by atoms with Crippen molar-refractivity contribution >= 4 is 41.0 Å². The minimum atomic E-state index is -2.84. The molecule has 2 atom stereocenters. The van der Waals surface area contributed by atoms with Gasteiger partial charge in [-0.2, -0.15) is 5.26 Å². The number of rotatable bonds is 7. The van der Waals surface area contributed by atoms with Gasteiger partial charge in [0.1, 0.15) is 23.7 Å². The van der Waals surface area contributed by atoms with Gasteiger partial charge in [-0.3, -0.25) is 19.5 Å². The number of anilines is 2. The Morgan fingerprint density at radius 2 is 1.91 bits per heavy atom. The molecule has 2 aromatic heterocycles. The molecule has 3 aromatic rings. The van der Waals surface area contributed by atoms with Crippen molar-refractivity contribution in [2.45, 2.75) is 56.2 Å². The van der Waals surface area contributed by atoms with Crippen LogP contribution in [0.25, 0.3) is 0 Å². The molecule has 0 spiro atoms. The van der Waals surface area contributed by atoms with Crippen molar-refractivity contribution in [3.05, 3.63) is 83.0 Å². The van der Waals surface area contributed by atoms with E-state index < -0.39 is 60.6 Å². The summed E-state index contributed by atoms with van der Waals surface area (Å²) >= 11 is 6.55. The molecule has 1 aliphatic heterocycles. The minimum absolute atomic E-state index is 0.00654. The van der Waals surface area contributed by atoms with Crippen LogP contribution in [0.3, 0.4) is 0 Å². The first-order valence-electron chi connectivity index (χ1n) is 13.8. The fourth-order valence-electron chi connectivity index (χ4n) is 5.35. The van der Waals surface area contributed by atoms with Crippen LogP contribution in [0.4, 0.5) is 29.5 Å². The second kappa shape index (κ2) is 12.9. The van der Waals surface area contributed by atoms with Crippen LogP contribution in [0, 0.1) is 17.1 Å². The van der Waals surface area contributed by atoms with Crippen LogP contribution in [0.15, 0.2) is 61.1 Å². The Hall–Kier alpha value is -4.70. The third kappa shape index (κ3) is 6.60. The average molecular weight is 627 g/mol. The van der Waals surface area contributed by atoms with Crippen molar-refractivity contribution in [2.24, 2.45) is 0 Å². The van der Waals surface area contributed by atoms with Gasteiger partial charge in [0.05, 0.1) is 36.3 Å². The predicted octanol–water partition coefficient (Wildman–Crippen LogP) is 5.32. The van der Waals surface area contributed by atoms with Crippen molar-refractivity contribution < 1.29 is 32.3 Å². The molecule has 1 aliphatic carbocycles. The summed E-state index contributed by atoms with van der Waals surface area (Å²) < 4.78 is 47.5. The molecule has 0 radical (unpaired) electrons. The Bertz CT molecular complexity index is 1610. The van der Waals surface area contributed by atoms with Crippen molar-refractivity contribution in [3.63, 3.8) is 0 Å². The number of aromatic nitrogens is 2. The Morgan fingerprint density at radius 3 is 2.61 bits per heavy atom. The molecule has 228 valence electrons. The lowest BCUT2D eigenvalue weighted by molar-refractivity contribution is -0.128. The fourth-order valence-corrected chi connectivity index (χ4v) is 5.59. The lowest BCUT2D eigenvalue weighted by Crippen LogP contribution is -2.57. The number of hydrogen-bond donors (Lipinski definition) is 1. The summed E-state index contributed by atoms with van der Waals surface area (Å²) in [6.45, 7) is -0.155. The van der Waals surface area contributed by atoms with Gasteiger partial charge in [-0.05, 0) is 31.0 Å². The van der Waals surface area contributed by atoms with Gasteiger partial charge in [0, 0.05) is 48.2 Å². The Balaban J connectivity index is 1.61. The van der Waals surface area contributed by atoms with E-state index in [4.69, 9.17) is 16.3 Å². The van der Waals surface area contributed by atoms with Gasteiger partial charge in [0.25, 0.3) is 5.91 Å². The van der Waals surface area contributed by atoms with Gasteiger partial charge < -0.3 is 10.1 Å². The van der Waals surface area contributed by atoms with Crippen molar-refractivity contribution in [1.29, 1.82) is 5.26 Å². The van der Waals surface area contributed by atoms with Gasteiger partial charge in [0.2, 0.25) is 11.8 Å². The number of carbonyl (C=O) groups is 3. The van der Waals surface area contributed by atoms with E-state index >= 15 is 0 Å². The number of halogens is 4. The second-order valence-corrected chi connectivity index (χ2v) is 10.8. The van der Waals surface area contributed by atoms with Crippen LogP contribution < -0.4 is 15.1 Å². The third-order valence-electron chi connectivity index (χ3n) is 7.51. The molecule has 2 unspecified atom stereocenters. The standard InChI is InChI=1S/C30H26ClF3N6O4/c31-23-4-2-1-3-22(23)26(27(41)38-20-5-9-30(33,34)10-6-20)39(21-14-19(32)16-36-17-21)28(42)24-8-12-44-29(43)40(24)25-13-18(15-35)7-11-37-25/h1-4,7,11,13-14,16-17,20,24,26H,5-6,8-10,12H2,(H,38,41). The van der Waals surface area contributed by atoms with Gasteiger partial charge in [-0.25, -0.2) is 27.8 Å². The highest BCUT2D eigenvalue weighted by Gasteiger charge is 2.44. The lowest BCUT2D eigenvalue weighted by Gasteiger charge is -2.39. The summed E-state index contributed by atoms with van der Waals surface area (Å²) in [5.41, 5.74) is 0.208. The predicted molar refractivity (Wildman–Crippen MR) is 152 cm³/mol. The molecule has 14 heteroatoms. The average Bonchev–Trinajstić information content (AvgIpc) is 3.01. The second-order valence-electron chi connectivity index (χ2n) is 10.4. The number of alkyl halides is 2. The van der Waals surface area contributed by atoms with E-state index in [-0.39, 0.29) is 53.5 Å². The lowest BCUT2D eigenvalue weighted by atomic mass is 9.91. The topological polar surface area (TPSA) is 129 Å². The summed E-state index contributed by atoms with van der Waals surface area (Å²) in [6, 6.07) is 8.44. The van der Waals surface area contributed by atoms with Crippen LogP contribution in [0.2, 0.25) is 5.02 Å². The first kappa shape index (κ1) is 30.7. The zero-order valence-electron chi connectivity index (χ0n) is 23.1. The molecule has 2 aliphatic rings. The van der Waals surface area contributed by atoms with E-state index in [0.717, 1.165) is 22.1 Å².